The number of benzene rings is 1. The van der Waals surface area contributed by atoms with Crippen LogP contribution >= 0.6 is 35.6 Å². The summed E-state index contributed by atoms with van der Waals surface area (Å²) in [7, 11) is 0. The summed E-state index contributed by atoms with van der Waals surface area (Å²) in [6, 6.07) is 8.49. The van der Waals surface area contributed by atoms with Crippen LogP contribution in [0.5, 0.6) is 0 Å². The van der Waals surface area contributed by atoms with Gasteiger partial charge < -0.3 is 10.6 Å². The first-order valence-electron chi connectivity index (χ1n) is 8.23. The molecule has 6 heteroatoms. The number of rotatable bonds is 6. The van der Waals surface area contributed by atoms with Gasteiger partial charge in [0.15, 0.2) is 5.96 Å². The normalized spacial score (nSPS) is 18.6. The Balaban J connectivity index is 0.00000264. The highest BCUT2D eigenvalue weighted by molar-refractivity contribution is 14.0. The van der Waals surface area contributed by atoms with Crippen molar-refractivity contribution in [3.63, 3.8) is 0 Å². The SMILES string of the molecule is CCNC(=NCc1cccc(Cl)c1)NCC1CCCN1CC.I. The summed E-state index contributed by atoms with van der Waals surface area (Å²) in [4.78, 5) is 7.19. The van der Waals surface area contributed by atoms with Crippen molar-refractivity contribution in [2.75, 3.05) is 26.2 Å². The molecule has 2 N–H and O–H groups in total. The van der Waals surface area contributed by atoms with Crippen LogP contribution in [0.1, 0.15) is 32.3 Å². The number of likely N-dealkylation sites (N-methyl/N-ethyl adjacent to an activating group) is 1. The molecule has 23 heavy (non-hydrogen) atoms. The number of nitrogens with one attached hydrogen (secondary N) is 2. The van der Waals surface area contributed by atoms with Gasteiger partial charge in [0.2, 0.25) is 0 Å². The summed E-state index contributed by atoms with van der Waals surface area (Å²) in [6.45, 7) is 9.12. The molecule has 0 aliphatic carbocycles. The molecular weight excluding hydrogens is 423 g/mol. The van der Waals surface area contributed by atoms with Gasteiger partial charge in [0.05, 0.1) is 6.54 Å². The maximum absolute atomic E-state index is 6.02. The fourth-order valence-electron chi connectivity index (χ4n) is 2.90. The summed E-state index contributed by atoms with van der Waals surface area (Å²) >= 11 is 6.02. The van der Waals surface area contributed by atoms with Crippen molar-refractivity contribution in [3.8, 4) is 0 Å². The zero-order valence-corrected chi connectivity index (χ0v) is 17.1. The van der Waals surface area contributed by atoms with Gasteiger partial charge in [-0.2, -0.15) is 0 Å². The average Bonchev–Trinajstić information content (AvgIpc) is 2.97. The first-order chi connectivity index (χ1) is 10.7. The molecule has 1 aromatic carbocycles. The van der Waals surface area contributed by atoms with Crippen LogP contribution in [-0.2, 0) is 6.54 Å². The van der Waals surface area contributed by atoms with Crippen LogP contribution in [0, 0.1) is 0 Å². The molecule has 130 valence electrons. The van der Waals surface area contributed by atoms with E-state index in [9.17, 15) is 0 Å². The van der Waals surface area contributed by atoms with Crippen molar-refractivity contribution in [2.45, 2.75) is 39.3 Å². The van der Waals surface area contributed by atoms with Crippen LogP contribution in [0.25, 0.3) is 0 Å². The highest BCUT2D eigenvalue weighted by Gasteiger charge is 2.22. The fourth-order valence-corrected chi connectivity index (χ4v) is 3.12. The maximum atomic E-state index is 6.02. The summed E-state index contributed by atoms with van der Waals surface area (Å²) in [5.41, 5.74) is 1.13. The van der Waals surface area contributed by atoms with Gasteiger partial charge in [-0.1, -0.05) is 30.7 Å². The van der Waals surface area contributed by atoms with Crippen LogP contribution in [0.2, 0.25) is 5.02 Å². The molecular formula is C17H28ClIN4. The Labute approximate surface area is 162 Å². The molecule has 0 saturated carbocycles. The van der Waals surface area contributed by atoms with Crippen molar-refractivity contribution < 1.29 is 0 Å². The summed E-state index contributed by atoms with van der Waals surface area (Å²) in [5.74, 6) is 0.880. The highest BCUT2D eigenvalue weighted by Crippen LogP contribution is 2.15. The minimum absolute atomic E-state index is 0. The van der Waals surface area contributed by atoms with E-state index in [1.807, 2.05) is 18.2 Å². The molecule has 4 nitrogen and oxygen atoms in total. The third kappa shape index (κ3) is 6.85. The Morgan fingerprint density at radius 2 is 2.17 bits per heavy atom. The predicted octanol–water partition coefficient (Wildman–Crippen LogP) is 3.50. The van der Waals surface area contributed by atoms with Gasteiger partial charge in [-0.25, -0.2) is 4.99 Å². The average molecular weight is 451 g/mol. The molecule has 1 unspecified atom stereocenters. The number of guanidine groups is 1. The van der Waals surface area contributed by atoms with Crippen molar-refractivity contribution in [1.29, 1.82) is 0 Å². The first-order valence-corrected chi connectivity index (χ1v) is 8.61. The number of halogens is 2. The molecule has 1 aliphatic heterocycles. The van der Waals surface area contributed by atoms with Crippen molar-refractivity contribution >= 4 is 41.5 Å². The van der Waals surface area contributed by atoms with E-state index in [2.05, 4.69) is 40.4 Å². The van der Waals surface area contributed by atoms with E-state index in [1.165, 1.54) is 19.4 Å². The lowest BCUT2D eigenvalue weighted by molar-refractivity contribution is 0.267. The zero-order valence-electron chi connectivity index (χ0n) is 14.0. The molecule has 0 bridgehead atoms. The Hall–Kier alpha value is -0.530. The van der Waals surface area contributed by atoms with Gasteiger partial charge in [-0.3, -0.25) is 4.90 Å². The molecule has 0 amide bonds. The topological polar surface area (TPSA) is 39.7 Å². The van der Waals surface area contributed by atoms with Crippen LogP contribution in [0.4, 0.5) is 0 Å². The van der Waals surface area contributed by atoms with E-state index in [4.69, 9.17) is 11.6 Å². The lowest BCUT2D eigenvalue weighted by Crippen LogP contribution is -2.44. The van der Waals surface area contributed by atoms with Gasteiger partial charge in [-0.15, -0.1) is 24.0 Å². The standard InChI is InChI=1S/C17H27ClN4.HI/c1-3-19-17(20-12-14-7-5-8-15(18)11-14)21-13-16-9-6-10-22(16)4-2;/h5,7-8,11,16H,3-4,6,9-10,12-13H2,1-2H3,(H2,19,20,21);1H. The van der Waals surface area contributed by atoms with E-state index < -0.39 is 0 Å². The molecule has 2 rings (SSSR count). The van der Waals surface area contributed by atoms with Gasteiger partial charge >= 0.3 is 0 Å². The van der Waals surface area contributed by atoms with Crippen molar-refractivity contribution in [2.24, 2.45) is 4.99 Å². The largest absolute Gasteiger partial charge is 0.357 e. The monoisotopic (exact) mass is 450 g/mol. The number of aliphatic imine (C=N–C) groups is 1. The van der Waals surface area contributed by atoms with E-state index in [-0.39, 0.29) is 24.0 Å². The minimum atomic E-state index is 0. The number of hydrogen-bond donors (Lipinski definition) is 2. The smallest absolute Gasteiger partial charge is 0.191 e. The van der Waals surface area contributed by atoms with Gasteiger partial charge in [0.1, 0.15) is 0 Å². The van der Waals surface area contributed by atoms with Crippen molar-refractivity contribution in [1.82, 2.24) is 15.5 Å². The predicted molar refractivity (Wildman–Crippen MR) is 110 cm³/mol. The number of nitrogens with zero attached hydrogens (tertiary/aromatic N) is 2. The molecule has 0 spiro atoms. The van der Waals surface area contributed by atoms with Crippen LogP contribution in [0.15, 0.2) is 29.3 Å². The highest BCUT2D eigenvalue weighted by atomic mass is 127. The zero-order chi connectivity index (χ0) is 15.8. The summed E-state index contributed by atoms with van der Waals surface area (Å²) in [5, 5.41) is 7.55. The Morgan fingerprint density at radius 3 is 2.87 bits per heavy atom. The summed E-state index contributed by atoms with van der Waals surface area (Å²) < 4.78 is 0. The van der Waals surface area contributed by atoms with Crippen LogP contribution in [0.3, 0.4) is 0 Å². The summed E-state index contributed by atoms with van der Waals surface area (Å²) in [6.07, 6.45) is 2.57. The Morgan fingerprint density at radius 1 is 1.35 bits per heavy atom. The second kappa shape index (κ2) is 11.1. The molecule has 0 aromatic heterocycles. The molecule has 1 atom stereocenters. The van der Waals surface area contributed by atoms with E-state index in [0.29, 0.717) is 12.6 Å². The lowest BCUT2D eigenvalue weighted by Gasteiger charge is -2.24. The number of hydrogen-bond acceptors (Lipinski definition) is 2. The third-order valence-corrected chi connectivity index (χ3v) is 4.30. The Kier molecular flexibility index (Phi) is 9.90. The third-order valence-electron chi connectivity index (χ3n) is 4.06. The van der Waals surface area contributed by atoms with E-state index >= 15 is 0 Å². The maximum Gasteiger partial charge on any atom is 0.191 e. The van der Waals surface area contributed by atoms with Gasteiger partial charge in [-0.05, 0) is 50.6 Å². The quantitative estimate of drug-likeness (QED) is 0.396. The fraction of sp³-hybridized carbons (Fsp3) is 0.588. The first kappa shape index (κ1) is 20.5. The molecule has 0 radical (unpaired) electrons. The Bertz CT molecular complexity index is 495. The van der Waals surface area contributed by atoms with E-state index in [0.717, 1.165) is 36.2 Å². The van der Waals surface area contributed by atoms with Gasteiger partial charge in [0.25, 0.3) is 0 Å². The van der Waals surface area contributed by atoms with Crippen LogP contribution in [-0.4, -0.2) is 43.1 Å². The van der Waals surface area contributed by atoms with Crippen molar-refractivity contribution in [3.05, 3.63) is 34.9 Å². The minimum Gasteiger partial charge on any atom is -0.357 e. The number of likely N-dealkylation sites (tertiary alicyclic amines) is 1. The van der Waals surface area contributed by atoms with Crippen LogP contribution < -0.4 is 10.6 Å². The molecule has 1 aliphatic rings. The molecule has 1 fully saturated rings. The molecule has 1 saturated heterocycles. The second-order valence-electron chi connectivity index (χ2n) is 5.63. The van der Waals surface area contributed by atoms with Gasteiger partial charge in [0, 0.05) is 24.2 Å². The second-order valence-corrected chi connectivity index (χ2v) is 6.07. The van der Waals surface area contributed by atoms with E-state index in [1.54, 1.807) is 0 Å². The lowest BCUT2D eigenvalue weighted by atomic mass is 10.2. The molecule has 1 aromatic rings. The molecule has 1 heterocycles.